The van der Waals surface area contributed by atoms with E-state index in [1.807, 2.05) is 6.92 Å². The third-order valence-corrected chi connectivity index (χ3v) is 3.68. The number of carboxylic acid groups (broad SMARTS) is 1. The molecule has 1 saturated carbocycles. The summed E-state index contributed by atoms with van der Waals surface area (Å²) in [7, 11) is 0. The maximum Gasteiger partial charge on any atom is 0.337 e. The first-order valence-electron chi connectivity index (χ1n) is 6.60. The highest BCUT2D eigenvalue weighted by Crippen LogP contribution is 2.28. The first-order chi connectivity index (χ1) is 8.63. The van der Waals surface area contributed by atoms with Crippen LogP contribution in [0.1, 0.15) is 48.5 Å². The third-order valence-electron chi connectivity index (χ3n) is 3.68. The lowest BCUT2D eigenvalue weighted by molar-refractivity contribution is 0.0696. The van der Waals surface area contributed by atoms with E-state index < -0.39 is 5.97 Å². The lowest BCUT2D eigenvalue weighted by atomic mass is 10.1. The minimum Gasteiger partial charge on any atom is -0.478 e. The van der Waals surface area contributed by atoms with Gasteiger partial charge in [-0.2, -0.15) is 0 Å². The molecule has 0 aliphatic heterocycles. The Morgan fingerprint density at radius 2 is 2.17 bits per heavy atom. The number of aromatic nitrogens is 1. The van der Waals surface area contributed by atoms with Crippen molar-refractivity contribution in [1.29, 1.82) is 0 Å². The van der Waals surface area contributed by atoms with Crippen LogP contribution in [-0.4, -0.2) is 28.6 Å². The van der Waals surface area contributed by atoms with Crippen LogP contribution in [0.4, 0.5) is 5.82 Å². The highest BCUT2D eigenvalue weighted by molar-refractivity contribution is 5.87. The molecule has 98 valence electrons. The summed E-state index contributed by atoms with van der Waals surface area (Å²) in [5.41, 5.74) is 1.21. The normalized spacial score (nSPS) is 15.9. The monoisotopic (exact) mass is 248 g/mol. The first kappa shape index (κ1) is 12.9. The van der Waals surface area contributed by atoms with Gasteiger partial charge in [0.1, 0.15) is 5.82 Å². The van der Waals surface area contributed by atoms with Gasteiger partial charge in [0, 0.05) is 18.8 Å². The number of aromatic carboxylic acids is 1. The van der Waals surface area contributed by atoms with Crippen LogP contribution in [0, 0.1) is 6.92 Å². The van der Waals surface area contributed by atoms with E-state index >= 15 is 0 Å². The highest BCUT2D eigenvalue weighted by Gasteiger charge is 2.23. The predicted octanol–water partition coefficient (Wildman–Crippen LogP) is 2.86. The van der Waals surface area contributed by atoms with Gasteiger partial charge in [-0.1, -0.05) is 12.8 Å². The van der Waals surface area contributed by atoms with E-state index in [0.717, 1.165) is 17.9 Å². The average molecular weight is 248 g/mol. The summed E-state index contributed by atoms with van der Waals surface area (Å²) in [5, 5.41) is 8.95. The Labute approximate surface area is 108 Å². The molecule has 2 rings (SSSR count). The molecule has 1 N–H and O–H groups in total. The zero-order valence-corrected chi connectivity index (χ0v) is 11.0. The largest absolute Gasteiger partial charge is 0.478 e. The summed E-state index contributed by atoms with van der Waals surface area (Å²) in [6, 6.07) is 2.28. The highest BCUT2D eigenvalue weighted by atomic mass is 16.4. The Kier molecular flexibility index (Phi) is 3.84. The molecule has 1 aromatic rings. The smallest absolute Gasteiger partial charge is 0.337 e. The zero-order valence-electron chi connectivity index (χ0n) is 11.0. The van der Waals surface area contributed by atoms with Crippen molar-refractivity contribution in [2.45, 2.75) is 45.6 Å². The van der Waals surface area contributed by atoms with Crippen molar-refractivity contribution in [3.8, 4) is 0 Å². The second kappa shape index (κ2) is 5.38. The second-order valence-corrected chi connectivity index (χ2v) is 4.89. The molecule has 0 unspecified atom stereocenters. The molecule has 4 heteroatoms. The Hall–Kier alpha value is -1.58. The van der Waals surface area contributed by atoms with Crippen molar-refractivity contribution < 1.29 is 9.90 Å². The molecule has 0 atom stereocenters. The summed E-state index contributed by atoms with van der Waals surface area (Å²) in [4.78, 5) is 17.6. The molecule has 0 amide bonds. The zero-order chi connectivity index (χ0) is 13.1. The van der Waals surface area contributed by atoms with Crippen molar-refractivity contribution in [2.24, 2.45) is 0 Å². The van der Waals surface area contributed by atoms with Gasteiger partial charge in [0.25, 0.3) is 0 Å². The van der Waals surface area contributed by atoms with Crippen LogP contribution in [0.3, 0.4) is 0 Å². The lowest BCUT2D eigenvalue weighted by Crippen LogP contribution is -2.34. The van der Waals surface area contributed by atoms with E-state index in [0.29, 0.717) is 6.04 Å². The van der Waals surface area contributed by atoms with Gasteiger partial charge < -0.3 is 10.0 Å². The molecule has 0 radical (unpaired) electrons. The van der Waals surface area contributed by atoms with Crippen LogP contribution in [-0.2, 0) is 0 Å². The molecule has 1 aliphatic carbocycles. The SMILES string of the molecule is CCN(c1ncc(C(=O)O)cc1C)C1CCCC1. The minimum atomic E-state index is -0.916. The molecule has 4 nitrogen and oxygen atoms in total. The summed E-state index contributed by atoms with van der Waals surface area (Å²) in [6.45, 7) is 4.99. The van der Waals surface area contributed by atoms with Crippen LogP contribution >= 0.6 is 0 Å². The van der Waals surface area contributed by atoms with Gasteiger partial charge in [0.2, 0.25) is 0 Å². The van der Waals surface area contributed by atoms with E-state index in [1.165, 1.54) is 31.9 Å². The predicted molar refractivity (Wildman–Crippen MR) is 71.2 cm³/mol. The van der Waals surface area contributed by atoms with Crippen LogP contribution < -0.4 is 4.90 Å². The molecular formula is C14H20N2O2. The fourth-order valence-corrected chi connectivity index (χ4v) is 2.78. The third kappa shape index (κ3) is 2.47. The van der Waals surface area contributed by atoms with Gasteiger partial charge in [-0.3, -0.25) is 0 Å². The Bertz CT molecular complexity index is 439. The number of aryl methyl sites for hydroxylation is 1. The molecule has 0 aromatic carbocycles. The molecule has 1 aromatic heterocycles. The molecule has 0 bridgehead atoms. The van der Waals surface area contributed by atoms with Gasteiger partial charge in [-0.15, -0.1) is 0 Å². The van der Waals surface area contributed by atoms with E-state index in [4.69, 9.17) is 5.11 Å². The number of carboxylic acids is 1. The number of rotatable bonds is 4. The molecule has 0 spiro atoms. The van der Waals surface area contributed by atoms with Gasteiger partial charge in [-0.25, -0.2) is 9.78 Å². The van der Waals surface area contributed by atoms with Crippen molar-refractivity contribution >= 4 is 11.8 Å². The number of pyridine rings is 1. The average Bonchev–Trinajstić information content (AvgIpc) is 2.85. The summed E-state index contributed by atoms with van der Waals surface area (Å²) in [5.74, 6) is 0.0236. The Morgan fingerprint density at radius 3 is 2.67 bits per heavy atom. The number of hydrogen-bond donors (Lipinski definition) is 1. The molecule has 1 aliphatic rings. The van der Waals surface area contributed by atoms with Crippen molar-refractivity contribution in [3.63, 3.8) is 0 Å². The lowest BCUT2D eigenvalue weighted by Gasteiger charge is -2.30. The van der Waals surface area contributed by atoms with E-state index in [9.17, 15) is 4.79 Å². The Morgan fingerprint density at radius 1 is 1.50 bits per heavy atom. The summed E-state index contributed by atoms with van der Waals surface area (Å²) >= 11 is 0. The van der Waals surface area contributed by atoms with Gasteiger partial charge >= 0.3 is 5.97 Å². The second-order valence-electron chi connectivity index (χ2n) is 4.89. The van der Waals surface area contributed by atoms with Gasteiger partial charge in [0.15, 0.2) is 0 Å². The van der Waals surface area contributed by atoms with Crippen molar-refractivity contribution in [1.82, 2.24) is 4.98 Å². The fourth-order valence-electron chi connectivity index (χ4n) is 2.78. The minimum absolute atomic E-state index is 0.263. The standard InChI is InChI=1S/C14H20N2O2/c1-3-16(12-6-4-5-7-12)13-10(2)8-11(9-15-13)14(17)18/h8-9,12H,3-7H2,1-2H3,(H,17,18). The number of carbonyl (C=O) groups is 1. The van der Waals surface area contributed by atoms with Crippen LogP contribution in [0.2, 0.25) is 0 Å². The first-order valence-corrected chi connectivity index (χ1v) is 6.60. The molecule has 0 saturated heterocycles. The molecule has 1 heterocycles. The fraction of sp³-hybridized carbons (Fsp3) is 0.571. The van der Waals surface area contributed by atoms with E-state index in [1.54, 1.807) is 6.07 Å². The van der Waals surface area contributed by atoms with Crippen molar-refractivity contribution in [3.05, 3.63) is 23.4 Å². The van der Waals surface area contributed by atoms with Crippen LogP contribution in [0.25, 0.3) is 0 Å². The maximum absolute atomic E-state index is 10.9. The van der Waals surface area contributed by atoms with E-state index in [2.05, 4.69) is 16.8 Å². The Balaban J connectivity index is 2.27. The van der Waals surface area contributed by atoms with Gasteiger partial charge in [-0.05, 0) is 38.3 Å². The number of nitrogens with zero attached hydrogens (tertiary/aromatic N) is 2. The summed E-state index contributed by atoms with van der Waals surface area (Å²) in [6.07, 6.45) is 6.47. The molecular weight excluding hydrogens is 228 g/mol. The topological polar surface area (TPSA) is 53.4 Å². The van der Waals surface area contributed by atoms with Gasteiger partial charge in [0.05, 0.1) is 5.56 Å². The van der Waals surface area contributed by atoms with E-state index in [-0.39, 0.29) is 5.56 Å². The van der Waals surface area contributed by atoms with Crippen LogP contribution in [0.5, 0.6) is 0 Å². The number of hydrogen-bond acceptors (Lipinski definition) is 3. The van der Waals surface area contributed by atoms with Crippen LogP contribution in [0.15, 0.2) is 12.3 Å². The number of anilines is 1. The maximum atomic E-state index is 10.9. The quantitative estimate of drug-likeness (QED) is 0.890. The summed E-state index contributed by atoms with van der Waals surface area (Å²) < 4.78 is 0. The molecule has 1 fully saturated rings. The molecule has 18 heavy (non-hydrogen) atoms. The van der Waals surface area contributed by atoms with Crippen molar-refractivity contribution in [2.75, 3.05) is 11.4 Å².